The number of nitrogens with one attached hydrogen (secondary N) is 1. The van der Waals surface area contributed by atoms with E-state index in [4.69, 9.17) is 33.3 Å². The van der Waals surface area contributed by atoms with Gasteiger partial charge in [-0.05, 0) is 49.2 Å². The van der Waals surface area contributed by atoms with E-state index in [1.807, 2.05) is 32.0 Å². The summed E-state index contributed by atoms with van der Waals surface area (Å²) in [5.41, 5.74) is 2.99. The summed E-state index contributed by atoms with van der Waals surface area (Å²) in [5.74, 6) is 1.39. The number of para-hydroxylation sites is 1. The minimum Gasteiger partial charge on any atom is -0.493 e. The molecule has 1 N–H and O–H groups in total. The number of aryl methyl sites for hydroxylation is 2. The second-order valence-electron chi connectivity index (χ2n) is 6.31. The lowest BCUT2D eigenvalue weighted by molar-refractivity contribution is -0.115. The topological polar surface area (TPSA) is 47.6 Å². The standard InChI is InChI=1S/C21H20ClNO3S2/c1-13-5-3-6-14(2)19(13)26-10-4-9-25-17-8-7-16(22)11-15(17)12-18-20(24)23-21(27)28-18/h3,5-8,11-12H,4,9-10H2,1-2H3,(H,23,24,27)/b18-12-. The monoisotopic (exact) mass is 433 g/mol. The summed E-state index contributed by atoms with van der Waals surface area (Å²) in [4.78, 5) is 12.4. The van der Waals surface area contributed by atoms with Gasteiger partial charge in [-0.1, -0.05) is 53.8 Å². The Morgan fingerprint density at radius 1 is 1.14 bits per heavy atom. The van der Waals surface area contributed by atoms with Crippen molar-refractivity contribution < 1.29 is 14.3 Å². The summed E-state index contributed by atoms with van der Waals surface area (Å²) in [7, 11) is 0. The van der Waals surface area contributed by atoms with Crippen LogP contribution < -0.4 is 14.8 Å². The molecular weight excluding hydrogens is 414 g/mol. The van der Waals surface area contributed by atoms with Crippen molar-refractivity contribution in [2.45, 2.75) is 20.3 Å². The molecule has 1 aliphatic rings. The van der Waals surface area contributed by atoms with Crippen LogP contribution in [0.2, 0.25) is 5.02 Å². The van der Waals surface area contributed by atoms with E-state index in [2.05, 4.69) is 5.32 Å². The fourth-order valence-electron chi connectivity index (χ4n) is 2.77. The second-order valence-corrected chi connectivity index (χ2v) is 8.46. The molecule has 4 nitrogen and oxygen atoms in total. The Kier molecular flexibility index (Phi) is 6.99. The SMILES string of the molecule is Cc1cccc(C)c1OCCCOc1ccc(Cl)cc1/C=C1\SC(=S)NC1=O. The molecule has 0 radical (unpaired) electrons. The Morgan fingerprint density at radius 3 is 2.54 bits per heavy atom. The first-order chi connectivity index (χ1) is 13.4. The predicted octanol–water partition coefficient (Wildman–Crippen LogP) is 5.29. The maximum Gasteiger partial charge on any atom is 0.263 e. The number of carbonyl (C=O) groups excluding carboxylic acids is 1. The average Bonchev–Trinajstić information content (AvgIpc) is 2.95. The van der Waals surface area contributed by atoms with Crippen LogP contribution in [0.15, 0.2) is 41.3 Å². The van der Waals surface area contributed by atoms with E-state index in [-0.39, 0.29) is 5.91 Å². The predicted molar refractivity (Wildman–Crippen MR) is 119 cm³/mol. The highest BCUT2D eigenvalue weighted by Crippen LogP contribution is 2.31. The number of halogens is 1. The lowest BCUT2D eigenvalue weighted by Gasteiger charge is -2.13. The van der Waals surface area contributed by atoms with Crippen molar-refractivity contribution in [1.82, 2.24) is 5.32 Å². The molecule has 7 heteroatoms. The van der Waals surface area contributed by atoms with Gasteiger partial charge in [0.25, 0.3) is 5.91 Å². The molecule has 1 fully saturated rings. The summed E-state index contributed by atoms with van der Waals surface area (Å²) in [6, 6.07) is 11.4. The highest BCUT2D eigenvalue weighted by molar-refractivity contribution is 8.26. The molecule has 2 aromatic rings. The van der Waals surface area contributed by atoms with E-state index in [0.29, 0.717) is 33.2 Å². The number of thioether (sulfide) groups is 1. The van der Waals surface area contributed by atoms with Crippen LogP contribution in [0.3, 0.4) is 0 Å². The maximum absolute atomic E-state index is 11.9. The number of benzene rings is 2. The van der Waals surface area contributed by atoms with Crippen LogP contribution in [-0.2, 0) is 4.79 Å². The van der Waals surface area contributed by atoms with E-state index in [9.17, 15) is 4.79 Å². The van der Waals surface area contributed by atoms with Crippen LogP contribution in [0.25, 0.3) is 6.08 Å². The summed E-state index contributed by atoms with van der Waals surface area (Å²) < 4.78 is 12.3. The Balaban J connectivity index is 1.60. The van der Waals surface area contributed by atoms with E-state index in [1.165, 1.54) is 11.8 Å². The Morgan fingerprint density at radius 2 is 1.86 bits per heavy atom. The van der Waals surface area contributed by atoms with Crippen LogP contribution >= 0.6 is 35.6 Å². The minimum absolute atomic E-state index is 0.206. The van der Waals surface area contributed by atoms with E-state index >= 15 is 0 Å². The largest absolute Gasteiger partial charge is 0.493 e. The number of hydrogen-bond acceptors (Lipinski definition) is 5. The summed E-state index contributed by atoms with van der Waals surface area (Å²) in [6.07, 6.45) is 2.47. The molecule has 1 amide bonds. The average molecular weight is 434 g/mol. The molecule has 1 saturated heterocycles. The molecule has 1 heterocycles. The number of thiocarbonyl (C=S) groups is 1. The van der Waals surface area contributed by atoms with Crippen molar-refractivity contribution in [3.05, 3.63) is 63.0 Å². The van der Waals surface area contributed by atoms with Crippen molar-refractivity contribution >= 4 is 51.9 Å². The Bertz CT molecular complexity index is 923. The fraction of sp³-hybridized carbons (Fsp3) is 0.238. The molecule has 0 aliphatic carbocycles. The van der Waals surface area contributed by atoms with Crippen molar-refractivity contribution in [1.29, 1.82) is 0 Å². The third-order valence-electron chi connectivity index (χ3n) is 4.10. The van der Waals surface area contributed by atoms with Crippen molar-refractivity contribution in [3.8, 4) is 11.5 Å². The first-order valence-electron chi connectivity index (χ1n) is 8.80. The molecule has 0 aromatic heterocycles. The summed E-state index contributed by atoms with van der Waals surface area (Å²) in [5, 5.41) is 3.18. The van der Waals surface area contributed by atoms with Gasteiger partial charge in [-0.3, -0.25) is 4.79 Å². The fourth-order valence-corrected chi connectivity index (χ4v) is 3.98. The van der Waals surface area contributed by atoms with Gasteiger partial charge in [0, 0.05) is 17.0 Å². The number of amides is 1. The van der Waals surface area contributed by atoms with E-state index in [1.54, 1.807) is 24.3 Å². The molecule has 146 valence electrons. The van der Waals surface area contributed by atoms with Gasteiger partial charge in [-0.15, -0.1) is 0 Å². The van der Waals surface area contributed by atoms with Gasteiger partial charge in [0.05, 0.1) is 18.1 Å². The quantitative estimate of drug-likeness (QED) is 0.365. The van der Waals surface area contributed by atoms with E-state index in [0.717, 1.165) is 28.9 Å². The zero-order chi connectivity index (χ0) is 20.1. The van der Waals surface area contributed by atoms with Gasteiger partial charge in [0.15, 0.2) is 0 Å². The molecule has 0 saturated carbocycles. The van der Waals surface area contributed by atoms with Gasteiger partial charge in [-0.25, -0.2) is 0 Å². The first-order valence-corrected chi connectivity index (χ1v) is 10.4. The van der Waals surface area contributed by atoms with Crippen LogP contribution in [0.5, 0.6) is 11.5 Å². The van der Waals surface area contributed by atoms with Crippen molar-refractivity contribution in [2.24, 2.45) is 0 Å². The first kappa shape index (κ1) is 20.7. The normalized spacial score (nSPS) is 15.0. The lowest BCUT2D eigenvalue weighted by Crippen LogP contribution is -2.17. The zero-order valence-corrected chi connectivity index (χ0v) is 18.0. The van der Waals surface area contributed by atoms with Gasteiger partial charge in [-0.2, -0.15) is 0 Å². The Labute approximate surface area is 179 Å². The maximum atomic E-state index is 11.9. The van der Waals surface area contributed by atoms with Crippen molar-refractivity contribution in [3.63, 3.8) is 0 Å². The van der Waals surface area contributed by atoms with Crippen LogP contribution in [0, 0.1) is 13.8 Å². The van der Waals surface area contributed by atoms with E-state index < -0.39 is 0 Å². The zero-order valence-electron chi connectivity index (χ0n) is 15.6. The summed E-state index contributed by atoms with van der Waals surface area (Å²) >= 11 is 12.4. The molecule has 3 rings (SSSR count). The van der Waals surface area contributed by atoms with Crippen LogP contribution in [-0.4, -0.2) is 23.4 Å². The number of ether oxygens (including phenoxy) is 2. The molecule has 28 heavy (non-hydrogen) atoms. The Hall–Kier alpha value is -2.02. The minimum atomic E-state index is -0.206. The molecule has 0 unspecified atom stereocenters. The number of hydrogen-bond donors (Lipinski definition) is 1. The number of rotatable bonds is 7. The highest BCUT2D eigenvalue weighted by atomic mass is 35.5. The van der Waals surface area contributed by atoms with Gasteiger partial charge in [0.1, 0.15) is 15.8 Å². The molecular formula is C21H20ClNO3S2. The molecule has 2 aromatic carbocycles. The highest BCUT2D eigenvalue weighted by Gasteiger charge is 2.22. The third kappa shape index (κ3) is 5.28. The smallest absolute Gasteiger partial charge is 0.263 e. The van der Waals surface area contributed by atoms with Gasteiger partial charge >= 0.3 is 0 Å². The molecule has 0 bridgehead atoms. The molecule has 0 atom stereocenters. The van der Waals surface area contributed by atoms with Crippen LogP contribution in [0.1, 0.15) is 23.1 Å². The number of carbonyl (C=O) groups is 1. The van der Waals surface area contributed by atoms with Gasteiger partial charge < -0.3 is 14.8 Å². The van der Waals surface area contributed by atoms with Crippen LogP contribution in [0.4, 0.5) is 0 Å². The van der Waals surface area contributed by atoms with Crippen molar-refractivity contribution in [2.75, 3.05) is 13.2 Å². The van der Waals surface area contributed by atoms with Gasteiger partial charge in [0.2, 0.25) is 0 Å². The lowest BCUT2D eigenvalue weighted by atomic mass is 10.1. The summed E-state index contributed by atoms with van der Waals surface area (Å²) in [6.45, 7) is 5.12. The molecule has 0 spiro atoms. The third-order valence-corrected chi connectivity index (χ3v) is 5.50. The second kappa shape index (κ2) is 9.45. The molecule has 1 aliphatic heterocycles.